The van der Waals surface area contributed by atoms with Gasteiger partial charge in [0.15, 0.2) is 0 Å². The minimum absolute atomic E-state index is 0.428. The van der Waals surface area contributed by atoms with E-state index in [1.54, 1.807) is 0 Å². The molecule has 17 heavy (non-hydrogen) atoms. The summed E-state index contributed by atoms with van der Waals surface area (Å²) in [7, 11) is -4.53. The van der Waals surface area contributed by atoms with Crippen LogP contribution in [-0.4, -0.2) is 14.6 Å². The number of alkyl halides is 3. The predicted octanol–water partition coefficient (Wildman–Crippen LogP) is 2.70. The third-order valence-electron chi connectivity index (χ3n) is 1.43. The Bertz CT molecular complexity index is 517. The molecule has 96 valence electrons. The average molecular weight is 293 g/mol. The molecule has 0 aliphatic carbocycles. The second kappa shape index (κ2) is 4.61. The zero-order valence-corrected chi connectivity index (χ0v) is 9.39. The summed E-state index contributed by atoms with van der Waals surface area (Å²) in [4.78, 5) is 0. The highest BCUT2D eigenvalue weighted by Crippen LogP contribution is 2.29. The van der Waals surface area contributed by atoms with E-state index in [4.69, 9.17) is 0 Å². The van der Waals surface area contributed by atoms with Crippen LogP contribution in [0, 0.1) is 0 Å². The summed E-state index contributed by atoms with van der Waals surface area (Å²) < 4.78 is 83.0. The van der Waals surface area contributed by atoms with Gasteiger partial charge in [0.25, 0.3) is 15.9 Å². The van der Waals surface area contributed by atoms with Crippen LogP contribution < -0.4 is 4.72 Å². The van der Waals surface area contributed by atoms with Crippen molar-refractivity contribution in [3.05, 3.63) is 29.3 Å². The fourth-order valence-corrected chi connectivity index (χ4v) is 2.68. The standard InChI is InChI=1S/C7H4F5NO2S2/c8-5(7(10,11)12)6(9)13-17(14,15)4-2-1-3-16-4/h1-3,13H. The van der Waals surface area contributed by atoms with E-state index in [1.165, 1.54) is 11.4 Å². The summed E-state index contributed by atoms with van der Waals surface area (Å²) in [6.07, 6.45) is -5.58. The first-order chi connectivity index (χ1) is 7.64. The zero-order valence-electron chi connectivity index (χ0n) is 7.75. The van der Waals surface area contributed by atoms with Crippen LogP contribution in [0.1, 0.15) is 0 Å². The molecule has 0 bridgehead atoms. The quantitative estimate of drug-likeness (QED) is 0.688. The van der Waals surface area contributed by atoms with Crippen molar-refractivity contribution in [3.8, 4) is 0 Å². The monoisotopic (exact) mass is 293 g/mol. The molecule has 0 radical (unpaired) electrons. The van der Waals surface area contributed by atoms with Crippen molar-refractivity contribution in [2.75, 3.05) is 0 Å². The van der Waals surface area contributed by atoms with E-state index in [1.807, 2.05) is 0 Å². The van der Waals surface area contributed by atoms with Gasteiger partial charge < -0.3 is 0 Å². The Balaban J connectivity index is 3.01. The summed E-state index contributed by atoms with van der Waals surface area (Å²) in [5.41, 5.74) is 0. The van der Waals surface area contributed by atoms with Crippen LogP contribution in [0.3, 0.4) is 0 Å². The van der Waals surface area contributed by atoms with Crippen molar-refractivity contribution in [1.29, 1.82) is 0 Å². The Kier molecular flexibility index (Phi) is 3.77. The first-order valence-electron chi connectivity index (χ1n) is 3.83. The van der Waals surface area contributed by atoms with Crippen molar-refractivity contribution in [2.45, 2.75) is 10.4 Å². The number of thiophene rings is 1. The Morgan fingerprint density at radius 2 is 1.88 bits per heavy atom. The fraction of sp³-hybridized carbons (Fsp3) is 0.143. The van der Waals surface area contributed by atoms with Crippen LogP contribution in [0.25, 0.3) is 0 Å². The highest BCUT2D eigenvalue weighted by Gasteiger charge is 2.39. The molecular weight excluding hydrogens is 289 g/mol. The highest BCUT2D eigenvalue weighted by molar-refractivity contribution is 7.91. The van der Waals surface area contributed by atoms with Crippen molar-refractivity contribution < 1.29 is 30.4 Å². The second-order valence-corrected chi connectivity index (χ2v) is 5.52. The van der Waals surface area contributed by atoms with E-state index in [-0.39, 0.29) is 0 Å². The van der Waals surface area contributed by atoms with Gasteiger partial charge in [-0.2, -0.15) is 22.0 Å². The van der Waals surface area contributed by atoms with Gasteiger partial charge in [-0.3, -0.25) is 4.72 Å². The maximum atomic E-state index is 12.7. The first-order valence-corrected chi connectivity index (χ1v) is 6.19. The molecule has 0 spiro atoms. The lowest BCUT2D eigenvalue weighted by atomic mass is 10.5. The van der Waals surface area contributed by atoms with Crippen molar-refractivity contribution in [1.82, 2.24) is 4.72 Å². The molecule has 1 N–H and O–H groups in total. The maximum absolute atomic E-state index is 12.7. The topological polar surface area (TPSA) is 46.2 Å². The van der Waals surface area contributed by atoms with E-state index in [0.717, 1.165) is 10.8 Å². The third-order valence-corrected chi connectivity index (χ3v) is 4.15. The SMILES string of the molecule is O=S(=O)(NC(F)=C(F)C(F)(F)F)c1cccs1. The van der Waals surface area contributed by atoms with E-state index >= 15 is 0 Å². The van der Waals surface area contributed by atoms with Crippen LogP contribution >= 0.6 is 11.3 Å². The Morgan fingerprint density at radius 3 is 2.29 bits per heavy atom. The van der Waals surface area contributed by atoms with Crippen molar-refractivity contribution >= 4 is 21.4 Å². The molecule has 3 nitrogen and oxygen atoms in total. The number of hydrogen-bond donors (Lipinski definition) is 1. The van der Waals surface area contributed by atoms with Gasteiger partial charge in [-0.15, -0.1) is 11.3 Å². The molecule has 0 unspecified atom stereocenters. The van der Waals surface area contributed by atoms with Gasteiger partial charge >= 0.3 is 6.18 Å². The molecule has 1 heterocycles. The lowest BCUT2D eigenvalue weighted by Gasteiger charge is -2.07. The number of hydrogen-bond acceptors (Lipinski definition) is 3. The van der Waals surface area contributed by atoms with Gasteiger partial charge in [-0.05, 0) is 11.4 Å². The van der Waals surface area contributed by atoms with Crippen LogP contribution in [0.5, 0.6) is 0 Å². The van der Waals surface area contributed by atoms with Gasteiger partial charge in [0.05, 0.1) is 0 Å². The molecule has 0 aliphatic rings. The highest BCUT2D eigenvalue weighted by atomic mass is 32.2. The maximum Gasteiger partial charge on any atom is 0.447 e. The molecule has 0 saturated heterocycles. The number of halogens is 5. The second-order valence-electron chi connectivity index (χ2n) is 2.66. The van der Waals surface area contributed by atoms with Gasteiger partial charge in [0, 0.05) is 0 Å². The predicted molar refractivity (Wildman–Crippen MR) is 49.9 cm³/mol. The normalized spacial score (nSPS) is 14.4. The van der Waals surface area contributed by atoms with Crippen LogP contribution in [0.15, 0.2) is 33.5 Å². The van der Waals surface area contributed by atoms with E-state index in [9.17, 15) is 30.4 Å². The van der Waals surface area contributed by atoms with Crippen LogP contribution in [0.2, 0.25) is 0 Å². The number of rotatable bonds is 3. The molecule has 10 heteroatoms. The van der Waals surface area contributed by atoms with Gasteiger partial charge in [-0.25, -0.2) is 8.42 Å². The Hall–Kier alpha value is -1.16. The Labute approximate surface area is 96.6 Å². The summed E-state index contributed by atoms with van der Waals surface area (Å²) in [6.45, 7) is 0. The lowest BCUT2D eigenvalue weighted by molar-refractivity contribution is -0.111. The summed E-state index contributed by atoms with van der Waals surface area (Å²) in [6, 6.07) is 2.33. The van der Waals surface area contributed by atoms with Crippen molar-refractivity contribution in [2.24, 2.45) is 0 Å². The third kappa shape index (κ3) is 3.40. The molecule has 0 atom stereocenters. The molecular formula is C7H4F5NO2S2. The van der Waals surface area contributed by atoms with Gasteiger partial charge in [-0.1, -0.05) is 6.07 Å². The van der Waals surface area contributed by atoms with E-state index < -0.39 is 32.2 Å². The van der Waals surface area contributed by atoms with Crippen molar-refractivity contribution in [3.63, 3.8) is 0 Å². The van der Waals surface area contributed by atoms with Crippen LogP contribution in [-0.2, 0) is 10.0 Å². The number of allylic oxidation sites excluding steroid dienone is 1. The minimum Gasteiger partial charge on any atom is -0.252 e. The summed E-state index contributed by atoms with van der Waals surface area (Å²) >= 11 is 0.648. The molecule has 0 fully saturated rings. The Morgan fingerprint density at radius 1 is 1.29 bits per heavy atom. The van der Waals surface area contributed by atoms with E-state index in [0.29, 0.717) is 11.3 Å². The zero-order chi connectivity index (χ0) is 13.3. The van der Waals surface area contributed by atoms with E-state index in [2.05, 4.69) is 0 Å². The largest absolute Gasteiger partial charge is 0.447 e. The molecule has 0 amide bonds. The average Bonchev–Trinajstić information content (AvgIpc) is 2.67. The molecule has 0 saturated carbocycles. The lowest BCUT2D eigenvalue weighted by Crippen LogP contribution is -2.24. The molecule has 0 aliphatic heterocycles. The number of sulfonamides is 1. The minimum atomic E-state index is -5.58. The molecule has 1 rings (SSSR count). The van der Waals surface area contributed by atoms with Gasteiger partial charge in [0.2, 0.25) is 5.95 Å². The smallest absolute Gasteiger partial charge is 0.252 e. The van der Waals surface area contributed by atoms with Gasteiger partial charge in [0.1, 0.15) is 4.21 Å². The molecule has 1 aromatic rings. The molecule has 0 aromatic carbocycles. The number of nitrogens with one attached hydrogen (secondary N) is 1. The van der Waals surface area contributed by atoms with Crippen LogP contribution in [0.4, 0.5) is 22.0 Å². The fourth-order valence-electron chi connectivity index (χ4n) is 0.754. The molecule has 1 aromatic heterocycles. The first kappa shape index (κ1) is 13.9. The summed E-state index contributed by atoms with van der Waals surface area (Å²) in [5, 5.41) is 1.32. The summed E-state index contributed by atoms with van der Waals surface area (Å²) in [5.74, 6) is -5.72.